The molecular weight excluding hydrogens is 234 g/mol. The van der Waals surface area contributed by atoms with Crippen molar-refractivity contribution in [1.82, 2.24) is 0 Å². The van der Waals surface area contributed by atoms with Crippen molar-refractivity contribution in [3.8, 4) is 11.8 Å². The van der Waals surface area contributed by atoms with Crippen LogP contribution in [0, 0.1) is 11.8 Å². The third kappa shape index (κ3) is 5.17. The average Bonchev–Trinajstić information content (AvgIpc) is 2.31. The van der Waals surface area contributed by atoms with Crippen molar-refractivity contribution in [3.63, 3.8) is 0 Å². The number of nitrogens with zero attached hydrogens (tertiary/aromatic N) is 1. The quantitative estimate of drug-likeness (QED) is 0.356. The monoisotopic (exact) mass is 245 g/mol. The fourth-order valence-electron chi connectivity index (χ4n) is 1.13. The number of thioether (sulfide) groups is 1. The Hall–Kier alpha value is -1.82. The van der Waals surface area contributed by atoms with Gasteiger partial charge in [0.05, 0.1) is 11.3 Å². The predicted octanol–water partition coefficient (Wildman–Crippen LogP) is 2.68. The topological polar surface area (TPSA) is 46.5 Å². The van der Waals surface area contributed by atoms with E-state index in [1.807, 2.05) is 6.07 Å². The van der Waals surface area contributed by atoms with Gasteiger partial charge in [0, 0.05) is 19.1 Å². The first-order valence-corrected chi connectivity index (χ1v) is 6.01. The molecule has 1 aromatic carbocycles. The van der Waals surface area contributed by atoms with Gasteiger partial charge in [0.25, 0.3) is 0 Å². The first-order valence-electron chi connectivity index (χ1n) is 5.03. The minimum absolute atomic E-state index is 0.0951. The van der Waals surface area contributed by atoms with E-state index in [2.05, 4.69) is 16.8 Å². The van der Waals surface area contributed by atoms with E-state index in [9.17, 15) is 9.59 Å². The van der Waals surface area contributed by atoms with Crippen LogP contribution in [0.25, 0.3) is 0 Å². The number of hydrogen-bond donors (Lipinski definition) is 0. The lowest BCUT2D eigenvalue weighted by Crippen LogP contribution is -1.84. The van der Waals surface area contributed by atoms with Gasteiger partial charge in [-0.1, -0.05) is 35.7 Å². The second-order valence-electron chi connectivity index (χ2n) is 3.11. The van der Waals surface area contributed by atoms with Gasteiger partial charge in [-0.3, -0.25) is 4.79 Å². The van der Waals surface area contributed by atoms with Crippen LogP contribution in [0.3, 0.4) is 0 Å². The lowest BCUT2D eigenvalue weighted by molar-refractivity contribution is -0.109. The molecule has 0 aliphatic rings. The third-order valence-corrected chi connectivity index (χ3v) is 2.64. The van der Waals surface area contributed by atoms with Gasteiger partial charge in [0.1, 0.15) is 0 Å². The summed E-state index contributed by atoms with van der Waals surface area (Å²) in [6.07, 6.45) is 2.13. The highest BCUT2D eigenvalue weighted by atomic mass is 32.2. The molecule has 0 atom stereocenters. The molecule has 0 aromatic heterocycles. The Morgan fingerprint density at radius 2 is 2.18 bits per heavy atom. The maximum absolute atomic E-state index is 10.7. The van der Waals surface area contributed by atoms with E-state index in [-0.39, 0.29) is 5.12 Å². The molecule has 0 radical (unpaired) electrons. The van der Waals surface area contributed by atoms with Crippen LogP contribution >= 0.6 is 11.8 Å². The molecule has 3 nitrogen and oxygen atoms in total. The second-order valence-corrected chi connectivity index (χ2v) is 4.38. The Morgan fingerprint density at radius 3 is 2.88 bits per heavy atom. The van der Waals surface area contributed by atoms with Gasteiger partial charge in [0.2, 0.25) is 6.08 Å². The number of carbonyl (C=O) groups is 1. The average molecular weight is 245 g/mol. The van der Waals surface area contributed by atoms with Gasteiger partial charge in [-0.2, -0.15) is 4.99 Å². The molecule has 0 saturated heterocycles. The Balaban J connectivity index is 2.65. The van der Waals surface area contributed by atoms with E-state index >= 15 is 0 Å². The highest BCUT2D eigenvalue weighted by Crippen LogP contribution is 2.16. The van der Waals surface area contributed by atoms with Crippen LogP contribution in [-0.2, 0) is 9.59 Å². The zero-order valence-corrected chi connectivity index (χ0v) is 10.2. The van der Waals surface area contributed by atoms with Crippen molar-refractivity contribution in [2.75, 3.05) is 5.75 Å². The number of carbonyl (C=O) groups excluding carboxylic acids is 2. The normalized spacial score (nSPS) is 8.76. The smallest absolute Gasteiger partial charge is 0.240 e. The fraction of sp³-hybridized carbons (Fsp3) is 0.231. The molecule has 0 amide bonds. The van der Waals surface area contributed by atoms with Crippen molar-refractivity contribution >= 4 is 28.6 Å². The summed E-state index contributed by atoms with van der Waals surface area (Å²) in [5.74, 6) is 6.55. The molecular formula is C13H11NO2S. The summed E-state index contributed by atoms with van der Waals surface area (Å²) in [6.45, 7) is 1.53. The van der Waals surface area contributed by atoms with E-state index in [0.29, 0.717) is 23.4 Å². The van der Waals surface area contributed by atoms with E-state index in [4.69, 9.17) is 0 Å². The molecule has 0 unspecified atom stereocenters. The minimum Gasteiger partial charge on any atom is -0.288 e. The molecule has 0 aliphatic carbocycles. The summed E-state index contributed by atoms with van der Waals surface area (Å²) in [6, 6.07) is 7.12. The lowest BCUT2D eigenvalue weighted by atomic mass is 10.2. The molecule has 0 heterocycles. The number of benzene rings is 1. The van der Waals surface area contributed by atoms with Crippen LogP contribution in [0.2, 0.25) is 0 Å². The summed E-state index contributed by atoms with van der Waals surface area (Å²) in [5.41, 5.74) is 1.22. The number of para-hydroxylation sites is 1. The summed E-state index contributed by atoms with van der Waals surface area (Å²) in [7, 11) is 0. The van der Waals surface area contributed by atoms with Crippen LogP contribution in [-0.4, -0.2) is 16.9 Å². The van der Waals surface area contributed by atoms with E-state index in [1.54, 1.807) is 18.2 Å². The predicted molar refractivity (Wildman–Crippen MR) is 68.9 cm³/mol. The molecule has 1 rings (SSSR count). The molecule has 0 saturated carbocycles. The van der Waals surface area contributed by atoms with Crippen molar-refractivity contribution in [2.24, 2.45) is 4.99 Å². The lowest BCUT2D eigenvalue weighted by Gasteiger charge is -1.94. The standard InChI is InChI=1S/C13H11NO2S/c1-11(16)17-9-5-4-7-12-6-2-3-8-13(12)14-10-15/h2-3,6,8H,5,9H2,1H3. The van der Waals surface area contributed by atoms with Gasteiger partial charge in [-0.05, 0) is 12.1 Å². The molecule has 0 bridgehead atoms. The maximum atomic E-state index is 10.7. The fourth-order valence-corrected chi connectivity index (χ4v) is 1.62. The molecule has 1 aromatic rings. The second kappa shape index (κ2) is 7.45. The largest absolute Gasteiger partial charge is 0.288 e. The van der Waals surface area contributed by atoms with Crippen LogP contribution in [0.4, 0.5) is 5.69 Å². The van der Waals surface area contributed by atoms with E-state index < -0.39 is 0 Å². The highest BCUT2D eigenvalue weighted by Gasteiger charge is 1.95. The van der Waals surface area contributed by atoms with Crippen molar-refractivity contribution < 1.29 is 9.59 Å². The van der Waals surface area contributed by atoms with Crippen LogP contribution in [0.15, 0.2) is 29.3 Å². The van der Waals surface area contributed by atoms with Gasteiger partial charge in [-0.15, -0.1) is 0 Å². The molecule has 0 fully saturated rings. The van der Waals surface area contributed by atoms with Gasteiger partial charge >= 0.3 is 0 Å². The number of hydrogen-bond acceptors (Lipinski definition) is 4. The van der Waals surface area contributed by atoms with Crippen molar-refractivity contribution in [2.45, 2.75) is 13.3 Å². The molecule has 86 valence electrons. The van der Waals surface area contributed by atoms with Crippen molar-refractivity contribution in [1.29, 1.82) is 0 Å². The Kier molecular flexibility index (Phi) is 5.81. The first-order chi connectivity index (χ1) is 8.24. The summed E-state index contributed by atoms with van der Waals surface area (Å²) >= 11 is 1.25. The van der Waals surface area contributed by atoms with E-state index in [1.165, 1.54) is 24.8 Å². The first kappa shape index (κ1) is 13.2. The summed E-state index contributed by atoms with van der Waals surface area (Å²) < 4.78 is 0. The molecule has 0 spiro atoms. The molecule has 17 heavy (non-hydrogen) atoms. The molecule has 0 N–H and O–H groups in total. The van der Waals surface area contributed by atoms with Crippen LogP contribution < -0.4 is 0 Å². The zero-order chi connectivity index (χ0) is 12.5. The van der Waals surface area contributed by atoms with Crippen LogP contribution in [0.1, 0.15) is 18.9 Å². The number of isocyanates is 1. The zero-order valence-electron chi connectivity index (χ0n) is 9.40. The van der Waals surface area contributed by atoms with Gasteiger partial charge < -0.3 is 0 Å². The Labute approximate surface area is 104 Å². The minimum atomic E-state index is 0.0951. The van der Waals surface area contributed by atoms with E-state index in [0.717, 1.165) is 0 Å². The number of rotatable bonds is 3. The van der Waals surface area contributed by atoms with Crippen LogP contribution in [0.5, 0.6) is 0 Å². The van der Waals surface area contributed by atoms with Crippen molar-refractivity contribution in [3.05, 3.63) is 29.8 Å². The number of aliphatic imine (C=N–C) groups is 1. The highest BCUT2D eigenvalue weighted by molar-refractivity contribution is 8.13. The summed E-state index contributed by atoms with van der Waals surface area (Å²) in [4.78, 5) is 24.4. The maximum Gasteiger partial charge on any atom is 0.240 e. The Morgan fingerprint density at radius 1 is 1.41 bits per heavy atom. The SMILES string of the molecule is CC(=O)SCCC#Cc1ccccc1N=C=O. The van der Waals surface area contributed by atoms with Gasteiger partial charge in [0.15, 0.2) is 5.12 Å². The summed E-state index contributed by atoms with van der Waals surface area (Å²) in [5, 5.41) is 0.0951. The Bertz CT molecular complexity index is 508. The molecule has 4 heteroatoms. The molecule has 0 aliphatic heterocycles. The van der Waals surface area contributed by atoms with Gasteiger partial charge in [-0.25, -0.2) is 4.79 Å². The third-order valence-electron chi connectivity index (χ3n) is 1.83.